The number of nitro benzene ring substituents is 2. The summed E-state index contributed by atoms with van der Waals surface area (Å²) in [6.45, 7) is 0. The number of rotatable bonds is 5. The van der Waals surface area contributed by atoms with Gasteiger partial charge in [-0.2, -0.15) is 5.26 Å². The number of hydrogen-bond donors (Lipinski definition) is 0. The highest BCUT2D eigenvalue weighted by Crippen LogP contribution is 2.47. The predicted octanol–water partition coefficient (Wildman–Crippen LogP) is 2.52. The summed E-state index contributed by atoms with van der Waals surface area (Å²) in [6, 6.07) is 10.1. The van der Waals surface area contributed by atoms with E-state index in [9.17, 15) is 39.9 Å². The third kappa shape index (κ3) is 3.33. The molecular formula is C24H15N5O7. The van der Waals surface area contributed by atoms with Crippen molar-refractivity contribution in [3.8, 4) is 6.07 Å². The lowest BCUT2D eigenvalue weighted by Crippen LogP contribution is -2.46. The first-order chi connectivity index (χ1) is 17.2. The fourth-order valence-electron chi connectivity index (χ4n) is 5.04. The molecule has 0 spiro atoms. The summed E-state index contributed by atoms with van der Waals surface area (Å²) in [5, 5.41) is 31.6. The Kier molecular flexibility index (Phi) is 5.17. The van der Waals surface area contributed by atoms with Gasteiger partial charge in [0.2, 0.25) is 11.8 Å². The number of allylic oxidation sites excluding steroid dienone is 2. The molecule has 2 saturated heterocycles. The van der Waals surface area contributed by atoms with Crippen molar-refractivity contribution in [3.63, 3.8) is 0 Å². The van der Waals surface area contributed by atoms with Gasteiger partial charge in [0.15, 0.2) is 5.78 Å². The smallest absolute Gasteiger partial charge is 0.270 e. The van der Waals surface area contributed by atoms with Crippen LogP contribution in [0, 0.1) is 43.4 Å². The van der Waals surface area contributed by atoms with Crippen molar-refractivity contribution >= 4 is 34.7 Å². The van der Waals surface area contributed by atoms with Crippen LogP contribution in [-0.2, 0) is 9.59 Å². The molecule has 178 valence electrons. The molecule has 0 aromatic heterocycles. The van der Waals surface area contributed by atoms with Crippen LogP contribution < -0.4 is 4.90 Å². The summed E-state index contributed by atoms with van der Waals surface area (Å²) in [5.74, 6) is -4.00. The van der Waals surface area contributed by atoms with E-state index in [2.05, 4.69) is 0 Å². The zero-order valence-electron chi connectivity index (χ0n) is 18.3. The molecule has 2 fully saturated rings. The minimum Gasteiger partial charge on any atom is -0.359 e. The Morgan fingerprint density at radius 2 is 1.61 bits per heavy atom. The van der Waals surface area contributed by atoms with Gasteiger partial charge in [-0.1, -0.05) is 12.1 Å². The zero-order valence-corrected chi connectivity index (χ0v) is 18.3. The molecule has 0 saturated carbocycles. The Balaban J connectivity index is 1.58. The van der Waals surface area contributed by atoms with E-state index in [1.165, 1.54) is 60.8 Å². The van der Waals surface area contributed by atoms with Gasteiger partial charge < -0.3 is 4.90 Å². The van der Waals surface area contributed by atoms with Crippen molar-refractivity contribution < 1.29 is 24.2 Å². The third-order valence-electron chi connectivity index (χ3n) is 6.61. The third-order valence-corrected chi connectivity index (χ3v) is 6.61. The van der Waals surface area contributed by atoms with Crippen LogP contribution in [0.2, 0.25) is 0 Å². The number of carbonyl (C=O) groups excluding carboxylic acids is 3. The largest absolute Gasteiger partial charge is 0.359 e. The molecule has 2 aromatic carbocycles. The van der Waals surface area contributed by atoms with Gasteiger partial charge in [0.05, 0.1) is 45.1 Å². The Morgan fingerprint density at radius 3 is 2.25 bits per heavy atom. The molecule has 0 unspecified atom stereocenters. The number of nitrogens with zero attached hydrogens (tertiary/aromatic N) is 5. The van der Waals surface area contributed by atoms with Crippen LogP contribution in [0.5, 0.6) is 0 Å². The van der Waals surface area contributed by atoms with Gasteiger partial charge in [0.25, 0.3) is 11.4 Å². The lowest BCUT2D eigenvalue weighted by Gasteiger charge is -2.32. The minimum atomic E-state index is -1.16. The SMILES string of the molecule is N#CC1=C[C@@H]2[C@@H]3C(=O)N(c4ccc([N+](=O)[O-])cc4)C(=O)[C@H]3[C@@H](C(=O)c3cccc([N+](=O)[O-])c3)N2C=C1. The fraction of sp³-hybridized carbons (Fsp3) is 0.167. The highest BCUT2D eigenvalue weighted by Gasteiger charge is 2.63. The van der Waals surface area contributed by atoms with Gasteiger partial charge in [-0.05, 0) is 24.3 Å². The van der Waals surface area contributed by atoms with E-state index in [1.807, 2.05) is 6.07 Å². The van der Waals surface area contributed by atoms with Gasteiger partial charge in [0, 0.05) is 36.0 Å². The van der Waals surface area contributed by atoms with E-state index in [1.54, 1.807) is 4.90 Å². The van der Waals surface area contributed by atoms with Gasteiger partial charge in [-0.3, -0.25) is 34.6 Å². The first kappa shape index (κ1) is 22.6. The summed E-state index contributed by atoms with van der Waals surface area (Å²) in [5.41, 5.74) is -0.136. The molecule has 0 aliphatic carbocycles. The molecule has 0 N–H and O–H groups in total. The van der Waals surface area contributed by atoms with Crippen molar-refractivity contribution in [1.82, 2.24) is 4.90 Å². The first-order valence-corrected chi connectivity index (χ1v) is 10.7. The second-order valence-electron chi connectivity index (χ2n) is 8.44. The topological polar surface area (TPSA) is 168 Å². The average Bonchev–Trinajstić information content (AvgIpc) is 3.35. The van der Waals surface area contributed by atoms with Crippen molar-refractivity contribution in [2.45, 2.75) is 12.1 Å². The molecule has 36 heavy (non-hydrogen) atoms. The Bertz CT molecular complexity index is 1460. The van der Waals surface area contributed by atoms with Crippen LogP contribution in [0.3, 0.4) is 0 Å². The molecule has 12 nitrogen and oxygen atoms in total. The Morgan fingerprint density at radius 1 is 0.944 bits per heavy atom. The lowest BCUT2D eigenvalue weighted by molar-refractivity contribution is -0.385. The number of fused-ring (bicyclic) bond motifs is 3. The van der Waals surface area contributed by atoms with Crippen molar-refractivity contribution in [2.75, 3.05) is 4.90 Å². The number of amides is 2. The van der Waals surface area contributed by atoms with E-state index in [4.69, 9.17) is 0 Å². The maximum absolute atomic E-state index is 13.6. The molecule has 12 heteroatoms. The number of imide groups is 1. The molecule has 2 aromatic rings. The molecule has 3 aliphatic rings. The first-order valence-electron chi connectivity index (χ1n) is 10.7. The number of anilines is 1. The number of carbonyl (C=O) groups is 3. The van der Waals surface area contributed by atoms with Crippen LogP contribution in [0.4, 0.5) is 17.1 Å². The number of nitriles is 1. The van der Waals surface area contributed by atoms with E-state index < -0.39 is 51.4 Å². The number of nitro groups is 2. The predicted molar refractivity (Wildman–Crippen MR) is 122 cm³/mol. The van der Waals surface area contributed by atoms with Gasteiger partial charge in [-0.15, -0.1) is 0 Å². The Labute approximate surface area is 202 Å². The number of hydrogen-bond acceptors (Lipinski definition) is 9. The van der Waals surface area contributed by atoms with E-state index in [0.29, 0.717) is 0 Å². The minimum absolute atomic E-state index is 0.00564. The van der Waals surface area contributed by atoms with Crippen LogP contribution in [0.15, 0.2) is 72.5 Å². The average molecular weight is 485 g/mol. The molecule has 4 atom stereocenters. The van der Waals surface area contributed by atoms with Crippen LogP contribution in [-0.4, -0.2) is 44.4 Å². The molecule has 0 radical (unpaired) electrons. The van der Waals surface area contributed by atoms with E-state index in [-0.39, 0.29) is 28.2 Å². The monoisotopic (exact) mass is 485 g/mol. The van der Waals surface area contributed by atoms with E-state index in [0.717, 1.165) is 11.0 Å². The standard InChI is InChI=1S/C24H15N5O7/c25-12-13-8-9-26-18(10-13)19-20(21(26)22(30)14-2-1-3-17(11-14)29(35)36)24(32)27(23(19)31)15-4-6-16(7-5-15)28(33)34/h1-11,18-21H/t18-,19+,20-,21+/m1/s1. The maximum atomic E-state index is 13.6. The Hall–Kier alpha value is -5.18. The second-order valence-corrected chi connectivity index (χ2v) is 8.44. The van der Waals surface area contributed by atoms with E-state index >= 15 is 0 Å². The molecule has 2 amide bonds. The summed E-state index contributed by atoms with van der Waals surface area (Å²) in [4.78, 5) is 64.2. The highest BCUT2D eigenvalue weighted by molar-refractivity contribution is 6.24. The van der Waals surface area contributed by atoms with Crippen LogP contribution in [0.25, 0.3) is 0 Å². The van der Waals surface area contributed by atoms with Gasteiger partial charge in [-0.25, -0.2) is 4.90 Å². The van der Waals surface area contributed by atoms with Gasteiger partial charge in [0.1, 0.15) is 6.04 Å². The summed E-state index contributed by atoms with van der Waals surface area (Å²) in [7, 11) is 0. The molecule has 5 rings (SSSR count). The normalized spacial score (nSPS) is 24.1. The number of non-ortho nitro benzene ring substituents is 2. The summed E-state index contributed by atoms with van der Waals surface area (Å²) >= 11 is 0. The number of ketones is 1. The highest BCUT2D eigenvalue weighted by atomic mass is 16.6. The molecule has 3 aliphatic heterocycles. The zero-order chi connectivity index (χ0) is 25.7. The summed E-state index contributed by atoms with van der Waals surface area (Å²) in [6.07, 6.45) is 4.47. The lowest BCUT2D eigenvalue weighted by atomic mass is 9.86. The second kappa shape index (κ2) is 8.24. The molecule has 3 heterocycles. The quantitative estimate of drug-likeness (QED) is 0.267. The number of Topliss-reactive ketones (excluding diaryl/α,β-unsaturated/α-hetero) is 1. The van der Waals surface area contributed by atoms with Crippen molar-refractivity contribution in [1.29, 1.82) is 5.26 Å². The van der Waals surface area contributed by atoms with Crippen LogP contribution in [0.1, 0.15) is 10.4 Å². The van der Waals surface area contributed by atoms with Crippen molar-refractivity contribution in [2.24, 2.45) is 11.8 Å². The number of benzene rings is 2. The van der Waals surface area contributed by atoms with Gasteiger partial charge >= 0.3 is 0 Å². The maximum Gasteiger partial charge on any atom is 0.270 e. The van der Waals surface area contributed by atoms with Crippen molar-refractivity contribution in [3.05, 3.63) is 98.2 Å². The van der Waals surface area contributed by atoms with Crippen LogP contribution >= 0.6 is 0 Å². The molecule has 0 bridgehead atoms. The fourth-order valence-corrected chi connectivity index (χ4v) is 5.04. The molecular weight excluding hydrogens is 470 g/mol. The summed E-state index contributed by atoms with van der Waals surface area (Å²) < 4.78 is 0.